The predicted octanol–water partition coefficient (Wildman–Crippen LogP) is 4.50. The number of thioether (sulfide) groups is 1. The Balaban J connectivity index is 1.92. The summed E-state index contributed by atoms with van der Waals surface area (Å²) in [5.41, 5.74) is 1.39. The summed E-state index contributed by atoms with van der Waals surface area (Å²) in [5, 5.41) is 2.79. The average Bonchev–Trinajstić information content (AvgIpc) is 2.49. The second kappa shape index (κ2) is 7.27. The molecule has 0 bridgehead atoms. The van der Waals surface area contributed by atoms with Gasteiger partial charge in [0.2, 0.25) is 5.91 Å². The summed E-state index contributed by atoms with van der Waals surface area (Å²) in [5.74, 6) is 0.0942. The second-order valence-corrected chi connectivity index (χ2v) is 6.07. The molecule has 0 radical (unpaired) electrons. The van der Waals surface area contributed by atoms with E-state index in [1.807, 2.05) is 44.2 Å². The second-order valence-electron chi connectivity index (χ2n) is 4.97. The van der Waals surface area contributed by atoms with E-state index < -0.39 is 0 Å². The van der Waals surface area contributed by atoms with Crippen molar-refractivity contribution in [3.63, 3.8) is 0 Å². The van der Waals surface area contributed by atoms with Gasteiger partial charge in [0, 0.05) is 22.3 Å². The summed E-state index contributed by atoms with van der Waals surface area (Å²) < 4.78 is 13.2. The van der Waals surface area contributed by atoms with Gasteiger partial charge in [-0.2, -0.15) is 0 Å². The number of carbonyl (C=O) groups is 1. The fourth-order valence-electron chi connectivity index (χ4n) is 1.80. The van der Waals surface area contributed by atoms with Gasteiger partial charge in [0.25, 0.3) is 0 Å². The Labute approximate surface area is 128 Å². The molecule has 0 aromatic heterocycles. The molecule has 2 nitrogen and oxygen atoms in total. The van der Waals surface area contributed by atoms with Gasteiger partial charge < -0.3 is 5.32 Å². The van der Waals surface area contributed by atoms with Crippen molar-refractivity contribution >= 4 is 23.4 Å². The fourth-order valence-corrected chi connectivity index (χ4v) is 2.74. The number of aryl methyl sites for hydroxylation is 1. The molecule has 21 heavy (non-hydrogen) atoms. The highest BCUT2D eigenvalue weighted by Crippen LogP contribution is 2.22. The number of amides is 1. The van der Waals surface area contributed by atoms with Gasteiger partial charge in [-0.15, -0.1) is 11.8 Å². The van der Waals surface area contributed by atoms with E-state index in [2.05, 4.69) is 5.32 Å². The molecule has 0 aliphatic rings. The Bertz CT molecular complexity index is 615. The van der Waals surface area contributed by atoms with E-state index in [1.54, 1.807) is 17.8 Å². The first-order chi connectivity index (χ1) is 10.1. The molecule has 1 unspecified atom stereocenters. The topological polar surface area (TPSA) is 29.1 Å². The van der Waals surface area contributed by atoms with Gasteiger partial charge in [-0.1, -0.05) is 31.2 Å². The van der Waals surface area contributed by atoms with E-state index in [1.165, 1.54) is 12.1 Å². The third-order valence-corrected chi connectivity index (χ3v) is 4.42. The zero-order valence-corrected chi connectivity index (χ0v) is 12.9. The average molecular weight is 303 g/mol. The lowest BCUT2D eigenvalue weighted by atomic mass is 10.1. The Morgan fingerprint density at radius 3 is 2.67 bits per heavy atom. The third-order valence-electron chi connectivity index (χ3n) is 3.15. The van der Waals surface area contributed by atoms with Crippen LogP contribution in [0.4, 0.5) is 10.1 Å². The van der Waals surface area contributed by atoms with Crippen LogP contribution in [-0.2, 0) is 4.79 Å². The van der Waals surface area contributed by atoms with E-state index in [0.29, 0.717) is 11.4 Å². The number of hydrogen-bond donors (Lipinski definition) is 1. The van der Waals surface area contributed by atoms with Gasteiger partial charge in [0.1, 0.15) is 5.82 Å². The normalized spacial score (nSPS) is 12.0. The van der Waals surface area contributed by atoms with Crippen molar-refractivity contribution in [2.45, 2.75) is 18.7 Å². The van der Waals surface area contributed by atoms with E-state index in [0.717, 1.165) is 10.5 Å². The van der Waals surface area contributed by atoms with Crippen LogP contribution >= 0.6 is 11.8 Å². The highest BCUT2D eigenvalue weighted by atomic mass is 32.2. The van der Waals surface area contributed by atoms with Gasteiger partial charge >= 0.3 is 0 Å². The molecular formula is C17H18FNOS. The molecular weight excluding hydrogens is 285 g/mol. The minimum absolute atomic E-state index is 0.0906. The summed E-state index contributed by atoms with van der Waals surface area (Å²) in [6.07, 6.45) is 0. The Morgan fingerprint density at radius 2 is 1.95 bits per heavy atom. The molecule has 1 amide bonds. The zero-order chi connectivity index (χ0) is 15.2. The van der Waals surface area contributed by atoms with Crippen LogP contribution in [0.5, 0.6) is 0 Å². The summed E-state index contributed by atoms with van der Waals surface area (Å²) in [7, 11) is 0. The van der Waals surface area contributed by atoms with Crippen molar-refractivity contribution in [2.24, 2.45) is 5.92 Å². The molecule has 2 aromatic rings. The standard InChI is InChI=1S/C17H18FNOS/c1-12-8-9-14(18)10-16(12)19-17(20)13(2)11-21-15-6-4-3-5-7-15/h3-10,13H,11H2,1-2H3,(H,19,20). The maximum absolute atomic E-state index is 13.2. The summed E-state index contributed by atoms with van der Waals surface area (Å²) in [6.45, 7) is 3.72. The van der Waals surface area contributed by atoms with Gasteiger partial charge in [0.05, 0.1) is 0 Å². The van der Waals surface area contributed by atoms with Crippen molar-refractivity contribution in [2.75, 3.05) is 11.1 Å². The lowest BCUT2D eigenvalue weighted by Crippen LogP contribution is -2.22. The number of nitrogens with one attached hydrogen (secondary N) is 1. The van der Waals surface area contributed by atoms with Crippen LogP contribution in [-0.4, -0.2) is 11.7 Å². The Hall–Kier alpha value is -1.81. The first kappa shape index (κ1) is 15.6. The number of hydrogen-bond acceptors (Lipinski definition) is 2. The molecule has 0 fully saturated rings. The van der Waals surface area contributed by atoms with Crippen molar-refractivity contribution in [1.82, 2.24) is 0 Å². The minimum atomic E-state index is -0.345. The van der Waals surface area contributed by atoms with Crippen molar-refractivity contribution < 1.29 is 9.18 Å². The van der Waals surface area contributed by atoms with Crippen LogP contribution in [0.15, 0.2) is 53.4 Å². The summed E-state index contributed by atoms with van der Waals surface area (Å²) >= 11 is 1.64. The quantitative estimate of drug-likeness (QED) is 0.824. The molecule has 0 heterocycles. The largest absolute Gasteiger partial charge is 0.325 e. The number of benzene rings is 2. The predicted molar refractivity (Wildman–Crippen MR) is 86.1 cm³/mol. The zero-order valence-electron chi connectivity index (χ0n) is 12.1. The Kier molecular flexibility index (Phi) is 5.39. The van der Waals surface area contributed by atoms with E-state index in [4.69, 9.17) is 0 Å². The number of carbonyl (C=O) groups excluding carboxylic acids is 1. The monoisotopic (exact) mass is 303 g/mol. The van der Waals surface area contributed by atoms with Gasteiger partial charge in [0.15, 0.2) is 0 Å². The van der Waals surface area contributed by atoms with Crippen LogP contribution in [0.2, 0.25) is 0 Å². The molecule has 2 rings (SSSR count). The first-order valence-corrected chi connectivity index (χ1v) is 7.79. The maximum atomic E-state index is 13.2. The van der Waals surface area contributed by atoms with Crippen LogP contribution in [0.1, 0.15) is 12.5 Å². The van der Waals surface area contributed by atoms with E-state index >= 15 is 0 Å². The molecule has 0 spiro atoms. The van der Waals surface area contributed by atoms with Crippen LogP contribution in [0, 0.1) is 18.7 Å². The van der Waals surface area contributed by atoms with Gasteiger partial charge in [-0.05, 0) is 36.8 Å². The molecule has 1 atom stereocenters. The fraction of sp³-hybridized carbons (Fsp3) is 0.235. The van der Waals surface area contributed by atoms with Crippen molar-refractivity contribution in [3.05, 3.63) is 59.9 Å². The molecule has 2 aromatic carbocycles. The van der Waals surface area contributed by atoms with Gasteiger partial charge in [-0.25, -0.2) is 4.39 Å². The molecule has 0 aliphatic carbocycles. The lowest BCUT2D eigenvalue weighted by molar-refractivity contribution is -0.118. The highest BCUT2D eigenvalue weighted by Gasteiger charge is 2.14. The lowest BCUT2D eigenvalue weighted by Gasteiger charge is -2.13. The van der Waals surface area contributed by atoms with Crippen LogP contribution < -0.4 is 5.32 Å². The summed E-state index contributed by atoms with van der Waals surface area (Å²) in [6, 6.07) is 14.4. The Morgan fingerprint density at radius 1 is 1.24 bits per heavy atom. The SMILES string of the molecule is Cc1ccc(F)cc1NC(=O)C(C)CSc1ccccc1. The van der Waals surface area contributed by atoms with E-state index in [9.17, 15) is 9.18 Å². The maximum Gasteiger partial charge on any atom is 0.228 e. The number of rotatable bonds is 5. The van der Waals surface area contributed by atoms with Crippen LogP contribution in [0.25, 0.3) is 0 Å². The smallest absolute Gasteiger partial charge is 0.228 e. The minimum Gasteiger partial charge on any atom is -0.325 e. The van der Waals surface area contributed by atoms with Gasteiger partial charge in [-0.3, -0.25) is 4.79 Å². The summed E-state index contributed by atoms with van der Waals surface area (Å²) in [4.78, 5) is 13.3. The van der Waals surface area contributed by atoms with Crippen molar-refractivity contribution in [1.29, 1.82) is 0 Å². The molecule has 4 heteroatoms. The molecule has 1 N–H and O–H groups in total. The van der Waals surface area contributed by atoms with Crippen molar-refractivity contribution in [3.8, 4) is 0 Å². The number of halogens is 1. The molecule has 0 saturated heterocycles. The number of anilines is 1. The highest BCUT2D eigenvalue weighted by molar-refractivity contribution is 7.99. The van der Waals surface area contributed by atoms with E-state index in [-0.39, 0.29) is 17.6 Å². The van der Waals surface area contributed by atoms with Crippen LogP contribution in [0.3, 0.4) is 0 Å². The third kappa shape index (κ3) is 4.60. The molecule has 110 valence electrons. The molecule has 0 saturated carbocycles. The first-order valence-electron chi connectivity index (χ1n) is 6.81. The molecule has 0 aliphatic heterocycles.